The first-order valence-corrected chi connectivity index (χ1v) is 7.90. The van der Waals surface area contributed by atoms with Crippen molar-refractivity contribution in [2.75, 3.05) is 6.26 Å². The third kappa shape index (κ3) is 2.84. The summed E-state index contributed by atoms with van der Waals surface area (Å²) >= 11 is 6.07. The molecule has 0 saturated heterocycles. The summed E-state index contributed by atoms with van der Waals surface area (Å²) < 4.78 is 23.2. The molecule has 0 saturated carbocycles. The van der Waals surface area contributed by atoms with Crippen molar-refractivity contribution in [1.82, 2.24) is 0 Å². The molecule has 20 heavy (non-hydrogen) atoms. The van der Waals surface area contributed by atoms with E-state index in [4.69, 9.17) is 11.6 Å². The number of benzene rings is 2. The molecule has 4 nitrogen and oxygen atoms in total. The van der Waals surface area contributed by atoms with Crippen molar-refractivity contribution in [3.8, 4) is 11.1 Å². The number of rotatable bonds is 3. The molecular formula is C14H11ClO4S. The molecule has 0 atom stereocenters. The van der Waals surface area contributed by atoms with Crippen LogP contribution < -0.4 is 0 Å². The highest BCUT2D eigenvalue weighted by Crippen LogP contribution is 2.32. The monoisotopic (exact) mass is 310 g/mol. The van der Waals surface area contributed by atoms with Crippen molar-refractivity contribution in [1.29, 1.82) is 0 Å². The van der Waals surface area contributed by atoms with Crippen molar-refractivity contribution >= 4 is 27.4 Å². The quantitative estimate of drug-likeness (QED) is 0.945. The molecule has 0 unspecified atom stereocenters. The summed E-state index contributed by atoms with van der Waals surface area (Å²) in [6, 6.07) is 10.5. The van der Waals surface area contributed by atoms with Crippen LogP contribution in [0.15, 0.2) is 47.4 Å². The summed E-state index contributed by atoms with van der Waals surface area (Å²) in [5.41, 5.74) is 0.836. The summed E-state index contributed by atoms with van der Waals surface area (Å²) in [5, 5.41) is 9.48. The molecule has 1 N–H and O–H groups in total. The normalized spacial score (nSPS) is 11.3. The maximum Gasteiger partial charge on any atom is 0.336 e. The Morgan fingerprint density at radius 1 is 1.10 bits per heavy atom. The van der Waals surface area contributed by atoms with E-state index in [1.54, 1.807) is 18.2 Å². The molecule has 2 aromatic rings. The minimum absolute atomic E-state index is 0.0695. The molecule has 0 spiro atoms. The highest BCUT2D eigenvalue weighted by Gasteiger charge is 2.16. The molecule has 0 aliphatic carbocycles. The van der Waals surface area contributed by atoms with E-state index in [-0.39, 0.29) is 10.5 Å². The standard InChI is InChI=1S/C14H11ClO4S/c1-20(18,19)9-6-7-13(15)12(8-9)10-4-2-3-5-11(10)14(16)17/h2-8H,1H3,(H,16,17). The van der Waals surface area contributed by atoms with Gasteiger partial charge >= 0.3 is 5.97 Å². The van der Waals surface area contributed by atoms with Crippen molar-refractivity contribution in [3.05, 3.63) is 53.1 Å². The minimum Gasteiger partial charge on any atom is -0.478 e. The van der Waals surface area contributed by atoms with E-state index in [1.165, 1.54) is 24.3 Å². The van der Waals surface area contributed by atoms with Crippen LogP contribution in [0, 0.1) is 0 Å². The molecule has 0 aliphatic heterocycles. The van der Waals surface area contributed by atoms with Crippen molar-refractivity contribution in [2.24, 2.45) is 0 Å². The smallest absolute Gasteiger partial charge is 0.336 e. The van der Waals surface area contributed by atoms with Crippen LogP contribution in [0.2, 0.25) is 5.02 Å². The number of carboxylic acids is 1. The zero-order valence-electron chi connectivity index (χ0n) is 10.5. The highest BCUT2D eigenvalue weighted by atomic mass is 35.5. The Hall–Kier alpha value is -1.85. The number of sulfone groups is 1. The van der Waals surface area contributed by atoms with Gasteiger partial charge in [0.05, 0.1) is 10.5 Å². The molecule has 2 aromatic carbocycles. The van der Waals surface area contributed by atoms with Crippen LogP contribution in [0.5, 0.6) is 0 Å². The van der Waals surface area contributed by atoms with Crippen LogP contribution >= 0.6 is 11.6 Å². The highest BCUT2D eigenvalue weighted by molar-refractivity contribution is 7.90. The van der Waals surface area contributed by atoms with E-state index in [2.05, 4.69) is 0 Å². The molecular weight excluding hydrogens is 300 g/mol. The fourth-order valence-electron chi connectivity index (χ4n) is 1.85. The molecule has 0 radical (unpaired) electrons. The number of hydrogen-bond donors (Lipinski definition) is 1. The first-order chi connectivity index (χ1) is 9.30. The predicted molar refractivity (Wildman–Crippen MR) is 77.0 cm³/mol. The molecule has 0 amide bonds. The van der Waals surface area contributed by atoms with Crippen LogP contribution in [0.25, 0.3) is 11.1 Å². The number of aromatic carboxylic acids is 1. The topological polar surface area (TPSA) is 71.4 Å². The Kier molecular flexibility index (Phi) is 3.83. The predicted octanol–water partition coefficient (Wildman–Crippen LogP) is 3.11. The summed E-state index contributed by atoms with van der Waals surface area (Å²) in [6.45, 7) is 0. The van der Waals surface area contributed by atoms with Gasteiger partial charge in [0.2, 0.25) is 0 Å². The largest absolute Gasteiger partial charge is 0.478 e. The van der Waals surface area contributed by atoms with E-state index in [0.717, 1.165) is 6.26 Å². The summed E-state index contributed by atoms with van der Waals surface area (Å²) in [7, 11) is -3.39. The summed E-state index contributed by atoms with van der Waals surface area (Å²) in [5.74, 6) is -1.10. The lowest BCUT2D eigenvalue weighted by atomic mass is 10.00. The van der Waals surface area contributed by atoms with Gasteiger partial charge in [-0.05, 0) is 29.8 Å². The van der Waals surface area contributed by atoms with Gasteiger partial charge in [0, 0.05) is 16.8 Å². The van der Waals surface area contributed by atoms with Crippen LogP contribution in [-0.4, -0.2) is 25.7 Å². The second-order valence-corrected chi connectivity index (χ2v) is 6.69. The Balaban J connectivity index is 2.73. The number of carbonyl (C=O) groups is 1. The maximum absolute atomic E-state index is 11.6. The van der Waals surface area contributed by atoms with Crippen molar-refractivity contribution in [2.45, 2.75) is 4.90 Å². The first-order valence-electron chi connectivity index (χ1n) is 5.63. The van der Waals surface area contributed by atoms with Gasteiger partial charge in [0.25, 0.3) is 0 Å². The maximum atomic E-state index is 11.6. The van der Waals surface area contributed by atoms with Gasteiger partial charge in [-0.25, -0.2) is 13.2 Å². The lowest BCUT2D eigenvalue weighted by molar-refractivity contribution is 0.0697. The second-order valence-electron chi connectivity index (χ2n) is 4.26. The zero-order valence-corrected chi connectivity index (χ0v) is 12.1. The molecule has 0 fully saturated rings. The minimum atomic E-state index is -3.39. The van der Waals surface area contributed by atoms with E-state index >= 15 is 0 Å². The van der Waals surface area contributed by atoms with E-state index in [0.29, 0.717) is 16.1 Å². The summed E-state index contributed by atoms with van der Waals surface area (Å²) in [4.78, 5) is 11.3. The van der Waals surface area contributed by atoms with E-state index in [1.807, 2.05) is 0 Å². The molecule has 6 heteroatoms. The Morgan fingerprint density at radius 3 is 2.35 bits per heavy atom. The van der Waals surface area contributed by atoms with Crippen molar-refractivity contribution in [3.63, 3.8) is 0 Å². The molecule has 0 aliphatic rings. The third-order valence-electron chi connectivity index (χ3n) is 2.81. The second kappa shape index (κ2) is 5.26. The Morgan fingerprint density at radius 2 is 1.75 bits per heavy atom. The lowest BCUT2D eigenvalue weighted by Gasteiger charge is -2.09. The SMILES string of the molecule is CS(=O)(=O)c1ccc(Cl)c(-c2ccccc2C(=O)O)c1. The fraction of sp³-hybridized carbons (Fsp3) is 0.0714. The molecule has 2 rings (SSSR count). The first kappa shape index (κ1) is 14.6. The Bertz CT molecular complexity index is 782. The van der Waals surface area contributed by atoms with Gasteiger partial charge in [-0.15, -0.1) is 0 Å². The molecule has 0 bridgehead atoms. The van der Waals surface area contributed by atoms with Gasteiger partial charge in [-0.3, -0.25) is 0 Å². The average Bonchev–Trinajstić information content (AvgIpc) is 2.38. The van der Waals surface area contributed by atoms with Crippen LogP contribution in [-0.2, 0) is 9.84 Å². The fourth-order valence-corrected chi connectivity index (χ4v) is 2.71. The number of carboxylic acid groups (broad SMARTS) is 1. The average molecular weight is 311 g/mol. The van der Waals surface area contributed by atoms with E-state index < -0.39 is 15.8 Å². The third-order valence-corrected chi connectivity index (χ3v) is 4.25. The lowest BCUT2D eigenvalue weighted by Crippen LogP contribution is -2.01. The van der Waals surface area contributed by atoms with Gasteiger partial charge in [0.1, 0.15) is 0 Å². The van der Waals surface area contributed by atoms with Gasteiger partial charge in [0.15, 0.2) is 9.84 Å². The molecule has 0 heterocycles. The Labute approximate surface area is 121 Å². The summed E-state index contributed by atoms with van der Waals surface area (Å²) in [6.07, 6.45) is 1.09. The van der Waals surface area contributed by atoms with Crippen LogP contribution in [0.3, 0.4) is 0 Å². The zero-order chi connectivity index (χ0) is 14.9. The van der Waals surface area contributed by atoms with Crippen LogP contribution in [0.4, 0.5) is 0 Å². The van der Waals surface area contributed by atoms with Crippen LogP contribution in [0.1, 0.15) is 10.4 Å². The van der Waals surface area contributed by atoms with Crippen molar-refractivity contribution < 1.29 is 18.3 Å². The van der Waals surface area contributed by atoms with Gasteiger partial charge in [-0.2, -0.15) is 0 Å². The van der Waals surface area contributed by atoms with Gasteiger partial charge < -0.3 is 5.11 Å². The molecule has 104 valence electrons. The van der Waals surface area contributed by atoms with E-state index in [9.17, 15) is 18.3 Å². The number of hydrogen-bond acceptors (Lipinski definition) is 3. The molecule has 0 aromatic heterocycles. The van der Waals surface area contributed by atoms with Gasteiger partial charge in [-0.1, -0.05) is 29.8 Å². The number of halogens is 1.